The normalized spacial score (nSPS) is 14.8. The first kappa shape index (κ1) is 25.5. The largest absolute Gasteiger partial charge is 0.659 e. The third kappa shape index (κ3) is 4.34. The fourth-order valence-electron chi connectivity index (χ4n) is 5.65. The van der Waals surface area contributed by atoms with Gasteiger partial charge in [-0.15, -0.1) is 10.9 Å². The molecule has 0 fully saturated rings. The molecule has 4 aromatic rings. The molecule has 0 saturated carbocycles. The Bertz CT molecular complexity index is 1550. The van der Waals surface area contributed by atoms with Crippen molar-refractivity contribution in [3.63, 3.8) is 0 Å². The van der Waals surface area contributed by atoms with E-state index in [1.807, 2.05) is 37.4 Å². The molecule has 0 amide bonds. The van der Waals surface area contributed by atoms with Crippen molar-refractivity contribution < 1.29 is 19.1 Å². The number of nitro groups is 3. The summed E-state index contributed by atoms with van der Waals surface area (Å²) in [5.74, 6) is 0. The van der Waals surface area contributed by atoms with Crippen molar-refractivity contribution in [2.24, 2.45) is 0 Å². The summed E-state index contributed by atoms with van der Waals surface area (Å²) >= 11 is 0. The zero-order valence-corrected chi connectivity index (χ0v) is 20.8. The van der Waals surface area contributed by atoms with Crippen LogP contribution in [0.1, 0.15) is 11.1 Å². The molecule has 0 unspecified atom stereocenters. The molecule has 0 aromatic heterocycles. The number of hydrogen-bond acceptors (Lipinski definition) is 6. The highest BCUT2D eigenvalue weighted by atomic mass is 16.6. The molecule has 39 heavy (non-hydrogen) atoms. The van der Waals surface area contributed by atoms with Crippen LogP contribution in [0, 0.1) is 30.3 Å². The topological polar surface area (TPSA) is 132 Å². The lowest BCUT2D eigenvalue weighted by Crippen LogP contribution is -2.64. The fourth-order valence-corrected chi connectivity index (χ4v) is 5.65. The van der Waals surface area contributed by atoms with Gasteiger partial charge in [0, 0.05) is 42.0 Å². The average Bonchev–Trinajstić information content (AvgIpc) is 3.27. The van der Waals surface area contributed by atoms with Crippen molar-refractivity contribution in [3.05, 3.63) is 145 Å². The SMILES string of the molecule is C[O+]1CC(c2ccccc2)=C(c2ccc([N+](=O)[O-])cc2)[B-]1(c1ccc([N+](=O)[O-])cc1)c1ccc([N+](=O)[O-])cc1. The maximum Gasteiger partial charge on any atom is 0.378 e. The molecule has 0 atom stereocenters. The first-order chi connectivity index (χ1) is 18.7. The zero-order chi connectivity index (χ0) is 27.7. The van der Waals surface area contributed by atoms with Gasteiger partial charge in [0.2, 0.25) is 0 Å². The summed E-state index contributed by atoms with van der Waals surface area (Å²) in [5, 5.41) is 34.2. The maximum absolute atomic E-state index is 11.4. The molecule has 10 nitrogen and oxygen atoms in total. The summed E-state index contributed by atoms with van der Waals surface area (Å²) in [6.07, 6.45) is -2.07. The van der Waals surface area contributed by atoms with Crippen molar-refractivity contribution in [3.8, 4) is 0 Å². The zero-order valence-electron chi connectivity index (χ0n) is 20.8. The quantitative estimate of drug-likeness (QED) is 0.148. The summed E-state index contributed by atoms with van der Waals surface area (Å²) in [5.41, 5.74) is 4.77. The molecule has 5 rings (SSSR count). The lowest BCUT2D eigenvalue weighted by atomic mass is 9.27. The molecular formula is C28H22BN3O7. The minimum atomic E-state index is -2.07. The minimum Gasteiger partial charge on any atom is -0.659 e. The number of nitro benzene ring substituents is 3. The molecule has 1 aliphatic rings. The molecule has 0 spiro atoms. The van der Waals surface area contributed by atoms with Crippen LogP contribution in [0.2, 0.25) is 0 Å². The first-order valence-electron chi connectivity index (χ1n) is 12.0. The van der Waals surface area contributed by atoms with Gasteiger partial charge in [-0.3, -0.25) is 30.3 Å². The Morgan fingerprint density at radius 2 is 1.00 bits per heavy atom. The summed E-state index contributed by atoms with van der Waals surface area (Å²) < 4.78 is 3.23. The molecule has 0 saturated heterocycles. The van der Waals surface area contributed by atoms with Gasteiger partial charge in [-0.2, -0.15) is 0 Å². The van der Waals surface area contributed by atoms with Crippen LogP contribution in [-0.4, -0.2) is 34.8 Å². The van der Waals surface area contributed by atoms with E-state index in [4.69, 9.17) is 0 Å². The third-order valence-corrected chi connectivity index (χ3v) is 7.37. The molecule has 0 aliphatic carbocycles. The van der Waals surface area contributed by atoms with Crippen LogP contribution < -0.4 is 10.9 Å². The molecule has 4 aromatic carbocycles. The molecule has 194 valence electrons. The summed E-state index contributed by atoms with van der Waals surface area (Å²) in [6, 6.07) is 28.5. The molecule has 0 bridgehead atoms. The van der Waals surface area contributed by atoms with E-state index in [-0.39, 0.29) is 17.1 Å². The Morgan fingerprint density at radius 3 is 1.41 bits per heavy atom. The van der Waals surface area contributed by atoms with Crippen molar-refractivity contribution >= 4 is 45.4 Å². The molecule has 1 aliphatic heterocycles. The monoisotopic (exact) mass is 523 g/mol. The Kier molecular flexibility index (Phi) is 6.51. The Labute approximate surface area is 222 Å². The van der Waals surface area contributed by atoms with Gasteiger partial charge in [-0.1, -0.05) is 77.8 Å². The molecule has 0 N–H and O–H groups in total. The second-order valence-corrected chi connectivity index (χ2v) is 9.38. The number of benzene rings is 4. The van der Waals surface area contributed by atoms with Crippen LogP contribution in [0.25, 0.3) is 11.0 Å². The van der Waals surface area contributed by atoms with E-state index in [1.54, 1.807) is 36.4 Å². The standard InChI is InChI=1S/C28H22BN3O7/c1-39-19-27(20-5-3-2-4-6-20)28(21-7-13-24(14-8-21)30(33)34)29(39,22-9-15-25(16-10-22)31(35)36)23-11-17-26(18-12-23)32(37)38/h2-18H,19H2,1H3. The van der Waals surface area contributed by atoms with Crippen LogP contribution in [0.15, 0.2) is 103 Å². The van der Waals surface area contributed by atoms with Crippen molar-refractivity contribution in [1.29, 1.82) is 0 Å². The second kappa shape index (κ2) is 9.95. The van der Waals surface area contributed by atoms with E-state index >= 15 is 0 Å². The first-order valence-corrected chi connectivity index (χ1v) is 12.0. The predicted octanol–water partition coefficient (Wildman–Crippen LogP) is 4.82. The number of rotatable bonds is 7. The summed E-state index contributed by atoms with van der Waals surface area (Å²) in [7, 11) is 1.87. The highest BCUT2D eigenvalue weighted by molar-refractivity contribution is 7.13. The highest BCUT2D eigenvalue weighted by Crippen LogP contribution is 2.44. The van der Waals surface area contributed by atoms with Gasteiger partial charge in [-0.25, -0.2) is 0 Å². The van der Waals surface area contributed by atoms with Crippen LogP contribution in [0.4, 0.5) is 17.1 Å². The lowest BCUT2D eigenvalue weighted by molar-refractivity contribution is -0.385. The lowest BCUT2D eigenvalue weighted by Gasteiger charge is -2.43. The van der Waals surface area contributed by atoms with Gasteiger partial charge >= 0.3 is 6.35 Å². The van der Waals surface area contributed by atoms with Crippen molar-refractivity contribution in [2.75, 3.05) is 13.7 Å². The number of nitrogens with zero attached hydrogens (tertiary/aromatic N) is 3. The number of hydrogen-bond donors (Lipinski definition) is 0. The number of non-ortho nitro benzene ring substituents is 3. The Hall–Kier alpha value is -5.16. The molecule has 0 radical (unpaired) electrons. The van der Waals surface area contributed by atoms with E-state index < -0.39 is 21.1 Å². The maximum atomic E-state index is 11.4. The van der Waals surface area contributed by atoms with Crippen molar-refractivity contribution in [2.45, 2.75) is 0 Å². The van der Waals surface area contributed by atoms with Gasteiger partial charge in [0.1, 0.15) is 6.61 Å². The average molecular weight is 523 g/mol. The third-order valence-electron chi connectivity index (χ3n) is 7.37. The highest BCUT2D eigenvalue weighted by Gasteiger charge is 2.52. The predicted molar refractivity (Wildman–Crippen MR) is 149 cm³/mol. The van der Waals surface area contributed by atoms with Crippen LogP contribution in [0.5, 0.6) is 0 Å². The Morgan fingerprint density at radius 1 is 0.590 bits per heavy atom. The summed E-state index contributed by atoms with van der Waals surface area (Å²) in [6.45, 7) is 0.421. The molecule has 1 heterocycles. The van der Waals surface area contributed by atoms with Crippen molar-refractivity contribution in [1.82, 2.24) is 0 Å². The second-order valence-electron chi connectivity index (χ2n) is 9.38. The van der Waals surface area contributed by atoms with Gasteiger partial charge in [0.15, 0.2) is 0 Å². The molecular weight excluding hydrogens is 501 g/mol. The van der Waals surface area contributed by atoms with Gasteiger partial charge in [-0.05, 0) is 5.56 Å². The fraction of sp³-hybridized carbons (Fsp3) is 0.0714. The smallest absolute Gasteiger partial charge is 0.378 e. The van der Waals surface area contributed by atoms with E-state index in [9.17, 15) is 30.3 Å². The van der Waals surface area contributed by atoms with Gasteiger partial charge in [0.05, 0.1) is 21.9 Å². The Balaban J connectivity index is 1.86. The summed E-state index contributed by atoms with van der Waals surface area (Å²) in [4.78, 5) is 32.8. The van der Waals surface area contributed by atoms with Crippen LogP contribution in [-0.2, 0) is 4.28 Å². The van der Waals surface area contributed by atoms with E-state index in [0.29, 0.717) is 6.61 Å². The minimum absolute atomic E-state index is 0.0524. The van der Waals surface area contributed by atoms with E-state index in [2.05, 4.69) is 4.28 Å². The van der Waals surface area contributed by atoms with Gasteiger partial charge < -0.3 is 4.28 Å². The van der Waals surface area contributed by atoms with Crippen LogP contribution >= 0.6 is 0 Å². The van der Waals surface area contributed by atoms with Gasteiger partial charge in [0.25, 0.3) is 17.1 Å². The molecule has 11 heteroatoms. The van der Waals surface area contributed by atoms with Crippen LogP contribution in [0.3, 0.4) is 0 Å². The van der Waals surface area contributed by atoms with E-state index in [0.717, 1.165) is 33.1 Å². The van der Waals surface area contributed by atoms with E-state index in [1.165, 1.54) is 36.4 Å².